The van der Waals surface area contributed by atoms with E-state index >= 15 is 0 Å². The molecule has 1 N–H and O–H groups in total. The van der Waals surface area contributed by atoms with E-state index in [1.54, 1.807) is 18.3 Å². The van der Waals surface area contributed by atoms with Gasteiger partial charge in [0, 0.05) is 50.3 Å². The van der Waals surface area contributed by atoms with Crippen LogP contribution >= 0.6 is 34.8 Å². The molecule has 1 aromatic heterocycles. The number of nitrogens with one attached hydrogen (secondary N) is 1. The molecule has 0 unspecified atom stereocenters. The molecule has 7 nitrogen and oxygen atoms in total. The van der Waals surface area contributed by atoms with E-state index in [9.17, 15) is 13.2 Å². The van der Waals surface area contributed by atoms with Crippen molar-refractivity contribution in [2.45, 2.75) is 37.2 Å². The first-order valence-corrected chi connectivity index (χ1v) is 14.9. The fourth-order valence-electron chi connectivity index (χ4n) is 4.91. The number of fused-ring (bicyclic) bond motifs is 1. The summed E-state index contributed by atoms with van der Waals surface area (Å²) in [7, 11) is -3.86. The molecule has 1 amide bonds. The molecule has 39 heavy (non-hydrogen) atoms. The first-order valence-electron chi connectivity index (χ1n) is 12.3. The van der Waals surface area contributed by atoms with E-state index in [1.165, 1.54) is 28.6 Å². The van der Waals surface area contributed by atoms with Gasteiger partial charge < -0.3 is 4.57 Å². The molecule has 1 aliphatic heterocycles. The van der Waals surface area contributed by atoms with Gasteiger partial charge in [0.25, 0.3) is 5.91 Å². The zero-order valence-electron chi connectivity index (χ0n) is 20.9. The van der Waals surface area contributed by atoms with Crippen molar-refractivity contribution in [2.24, 2.45) is 5.10 Å². The van der Waals surface area contributed by atoms with E-state index in [2.05, 4.69) is 15.1 Å². The molecular formula is C28H25Cl3N4O3S. The van der Waals surface area contributed by atoms with Crippen molar-refractivity contribution in [2.75, 3.05) is 6.54 Å². The highest BCUT2D eigenvalue weighted by Crippen LogP contribution is 2.29. The van der Waals surface area contributed by atoms with Gasteiger partial charge in [-0.1, -0.05) is 59.1 Å². The third kappa shape index (κ3) is 5.58. The molecular weight excluding hydrogens is 579 g/mol. The van der Waals surface area contributed by atoms with E-state index in [1.807, 2.05) is 37.3 Å². The second-order valence-electron chi connectivity index (χ2n) is 9.30. The van der Waals surface area contributed by atoms with Crippen LogP contribution in [0.25, 0.3) is 10.9 Å². The van der Waals surface area contributed by atoms with Gasteiger partial charge in [-0.15, -0.1) is 0 Å². The smallest absolute Gasteiger partial charge is 0.258 e. The lowest BCUT2D eigenvalue weighted by atomic mass is 10.1. The van der Waals surface area contributed by atoms with Crippen LogP contribution in [0.3, 0.4) is 0 Å². The minimum absolute atomic E-state index is 0.0966. The van der Waals surface area contributed by atoms with Gasteiger partial charge in [0.2, 0.25) is 10.0 Å². The number of carbonyl (C=O) groups is 1. The molecule has 0 spiro atoms. The largest absolute Gasteiger partial charge is 0.340 e. The van der Waals surface area contributed by atoms with Crippen LogP contribution in [0, 0.1) is 6.92 Å². The first kappa shape index (κ1) is 27.7. The third-order valence-corrected chi connectivity index (χ3v) is 9.68. The predicted molar refractivity (Wildman–Crippen MR) is 156 cm³/mol. The van der Waals surface area contributed by atoms with E-state index in [-0.39, 0.29) is 11.4 Å². The summed E-state index contributed by atoms with van der Waals surface area (Å²) in [4.78, 5) is 13.2. The predicted octanol–water partition coefficient (Wildman–Crippen LogP) is 6.26. The number of hydrazone groups is 1. The number of nitrogens with zero attached hydrogens (tertiary/aromatic N) is 3. The Hall–Kier alpha value is -2.88. The number of hydrogen-bond acceptors (Lipinski definition) is 4. The van der Waals surface area contributed by atoms with E-state index in [4.69, 9.17) is 34.8 Å². The van der Waals surface area contributed by atoms with Crippen LogP contribution < -0.4 is 5.43 Å². The number of carbonyl (C=O) groups excluding carboxylic acids is 1. The zero-order valence-corrected chi connectivity index (χ0v) is 24.0. The summed E-state index contributed by atoms with van der Waals surface area (Å²) in [5, 5.41) is 6.78. The van der Waals surface area contributed by atoms with Gasteiger partial charge in [0.15, 0.2) is 0 Å². The van der Waals surface area contributed by atoms with E-state index < -0.39 is 22.0 Å². The Morgan fingerprint density at radius 3 is 2.51 bits per heavy atom. The Bertz CT molecular complexity index is 1680. The summed E-state index contributed by atoms with van der Waals surface area (Å²) in [5.74, 6) is -0.476. The lowest BCUT2D eigenvalue weighted by Gasteiger charge is -2.22. The Balaban J connectivity index is 1.37. The summed E-state index contributed by atoms with van der Waals surface area (Å²) < 4.78 is 29.7. The first-order chi connectivity index (χ1) is 18.7. The SMILES string of the molecule is Cc1c(/C=N\NC(=O)[C@H]2CCCN2S(=O)(=O)c2ccc(Cl)cc2)c2ccccc2n1Cc1ccc(Cl)cc1Cl. The number of benzene rings is 3. The quantitative estimate of drug-likeness (QED) is 0.200. The molecule has 0 bridgehead atoms. The van der Waals surface area contributed by atoms with Crippen LogP contribution in [0.2, 0.25) is 15.1 Å². The highest BCUT2D eigenvalue weighted by molar-refractivity contribution is 7.89. The normalized spacial score (nSPS) is 16.4. The molecule has 0 aliphatic carbocycles. The molecule has 1 atom stereocenters. The van der Waals surface area contributed by atoms with Gasteiger partial charge in [-0.2, -0.15) is 9.41 Å². The van der Waals surface area contributed by atoms with Gasteiger partial charge >= 0.3 is 0 Å². The maximum atomic E-state index is 13.2. The zero-order chi connectivity index (χ0) is 27.7. The molecule has 0 saturated carbocycles. The number of hydrogen-bond donors (Lipinski definition) is 1. The topological polar surface area (TPSA) is 83.8 Å². The molecule has 3 aromatic carbocycles. The highest BCUT2D eigenvalue weighted by atomic mass is 35.5. The summed E-state index contributed by atoms with van der Waals surface area (Å²) in [6, 6.07) is 18.4. The molecule has 2 heterocycles. The Morgan fingerprint density at radius 2 is 1.77 bits per heavy atom. The summed E-state index contributed by atoms with van der Waals surface area (Å²) in [6.07, 6.45) is 2.59. The van der Waals surface area contributed by atoms with Crippen molar-refractivity contribution in [1.82, 2.24) is 14.3 Å². The summed E-state index contributed by atoms with van der Waals surface area (Å²) >= 11 is 18.4. The molecule has 202 valence electrons. The minimum Gasteiger partial charge on any atom is -0.340 e. The van der Waals surface area contributed by atoms with Gasteiger partial charge in [-0.3, -0.25) is 4.79 Å². The average molecular weight is 604 g/mol. The fraction of sp³-hybridized carbons (Fsp3) is 0.214. The van der Waals surface area contributed by atoms with Crippen molar-refractivity contribution in [1.29, 1.82) is 0 Å². The Morgan fingerprint density at radius 1 is 1.05 bits per heavy atom. The van der Waals surface area contributed by atoms with Gasteiger partial charge in [-0.05, 0) is 67.8 Å². The van der Waals surface area contributed by atoms with E-state index in [0.29, 0.717) is 34.5 Å². The number of rotatable bonds is 7. The van der Waals surface area contributed by atoms with Crippen LogP contribution in [0.4, 0.5) is 0 Å². The van der Waals surface area contributed by atoms with Crippen molar-refractivity contribution in [3.05, 3.63) is 98.6 Å². The van der Waals surface area contributed by atoms with Crippen molar-refractivity contribution >= 4 is 67.9 Å². The van der Waals surface area contributed by atoms with Crippen molar-refractivity contribution in [3.63, 3.8) is 0 Å². The second kappa shape index (κ2) is 11.3. The van der Waals surface area contributed by atoms with Crippen molar-refractivity contribution in [3.8, 4) is 0 Å². The van der Waals surface area contributed by atoms with Crippen molar-refractivity contribution < 1.29 is 13.2 Å². The van der Waals surface area contributed by atoms with Crippen LogP contribution in [0.5, 0.6) is 0 Å². The van der Waals surface area contributed by atoms with E-state index in [0.717, 1.165) is 27.7 Å². The Kier molecular flexibility index (Phi) is 8.03. The standard InChI is InChI=1S/C28H25Cl3N4O3S/c1-18-24(23-5-2-3-6-26(23)34(18)17-19-8-9-21(30)15-25(19)31)16-32-33-28(36)27-7-4-14-35(27)39(37,38)22-12-10-20(29)11-13-22/h2-3,5-6,8-13,15-16,27H,4,7,14,17H2,1H3,(H,33,36)/b32-16-/t27-/m1/s1. The van der Waals surface area contributed by atoms with Gasteiger partial charge in [0.1, 0.15) is 6.04 Å². The molecule has 1 aliphatic rings. The molecule has 11 heteroatoms. The minimum atomic E-state index is -3.86. The number of sulfonamides is 1. The maximum Gasteiger partial charge on any atom is 0.258 e. The van der Waals surface area contributed by atoms with Gasteiger partial charge in [0.05, 0.1) is 11.1 Å². The molecule has 5 rings (SSSR count). The number of amides is 1. The van der Waals surface area contributed by atoms with Crippen LogP contribution in [-0.2, 0) is 21.4 Å². The number of aromatic nitrogens is 1. The monoisotopic (exact) mass is 602 g/mol. The average Bonchev–Trinajstić information content (AvgIpc) is 3.51. The van der Waals surface area contributed by atoms with Crippen LogP contribution in [0.15, 0.2) is 76.7 Å². The third-order valence-electron chi connectivity index (χ3n) is 6.92. The summed E-state index contributed by atoms with van der Waals surface area (Å²) in [5.41, 5.74) is 6.25. The Labute approximate surface area is 242 Å². The lowest BCUT2D eigenvalue weighted by molar-refractivity contribution is -0.124. The number of halogens is 3. The highest BCUT2D eigenvalue weighted by Gasteiger charge is 2.39. The van der Waals surface area contributed by atoms with Crippen LogP contribution in [0.1, 0.15) is 29.7 Å². The molecule has 1 saturated heterocycles. The van der Waals surface area contributed by atoms with Crippen LogP contribution in [-0.4, -0.2) is 42.0 Å². The molecule has 4 aromatic rings. The number of para-hydroxylation sites is 1. The fourth-order valence-corrected chi connectivity index (χ4v) is 7.16. The van der Waals surface area contributed by atoms with Gasteiger partial charge in [-0.25, -0.2) is 13.8 Å². The maximum absolute atomic E-state index is 13.2. The summed E-state index contributed by atoms with van der Waals surface area (Å²) in [6.45, 7) is 2.76. The second-order valence-corrected chi connectivity index (χ2v) is 12.5. The molecule has 0 radical (unpaired) electrons. The lowest BCUT2D eigenvalue weighted by Crippen LogP contribution is -2.44. The molecule has 1 fully saturated rings.